The van der Waals surface area contributed by atoms with Gasteiger partial charge in [0, 0.05) is 13.7 Å². The van der Waals surface area contributed by atoms with Crippen LogP contribution in [0, 0.1) is 0 Å². The van der Waals surface area contributed by atoms with E-state index in [4.69, 9.17) is 10.5 Å². The number of carbonyl (C=O) groups is 1. The van der Waals surface area contributed by atoms with Crippen molar-refractivity contribution in [1.29, 1.82) is 0 Å². The van der Waals surface area contributed by atoms with Gasteiger partial charge in [-0.3, -0.25) is 4.79 Å². The number of carbonyl (C=O) groups excluding carboxylic acids is 1. The third kappa shape index (κ3) is 1.95. The third-order valence-electron chi connectivity index (χ3n) is 2.19. The van der Waals surface area contributed by atoms with Gasteiger partial charge in [-0.15, -0.1) is 0 Å². The average molecular weight is 172 g/mol. The molecule has 2 atom stereocenters. The molecule has 1 aliphatic heterocycles. The lowest BCUT2D eigenvalue weighted by Gasteiger charge is -2.24. The number of nitrogens with zero attached hydrogens (tertiary/aromatic N) is 1. The van der Waals surface area contributed by atoms with E-state index in [-0.39, 0.29) is 11.9 Å². The highest BCUT2D eigenvalue weighted by Gasteiger charge is 2.25. The summed E-state index contributed by atoms with van der Waals surface area (Å²) in [7, 11) is 1.78. The lowest BCUT2D eigenvalue weighted by molar-refractivity contribution is -0.132. The molecular weight excluding hydrogens is 156 g/mol. The van der Waals surface area contributed by atoms with E-state index in [2.05, 4.69) is 0 Å². The normalized spacial score (nSPS) is 25.4. The Kier molecular flexibility index (Phi) is 3.05. The molecule has 1 heterocycles. The van der Waals surface area contributed by atoms with Gasteiger partial charge < -0.3 is 15.4 Å². The van der Waals surface area contributed by atoms with Crippen LogP contribution in [0.25, 0.3) is 0 Å². The molecule has 0 aromatic carbocycles. The molecule has 4 heteroatoms. The van der Waals surface area contributed by atoms with Crippen LogP contribution in [0.4, 0.5) is 0 Å². The Morgan fingerprint density at radius 1 is 1.75 bits per heavy atom. The summed E-state index contributed by atoms with van der Waals surface area (Å²) in [5.41, 5.74) is 5.47. The lowest BCUT2D eigenvalue weighted by atomic mass is 10.2. The van der Waals surface area contributed by atoms with Gasteiger partial charge in [-0.1, -0.05) is 0 Å². The second-order valence-electron chi connectivity index (χ2n) is 3.26. The van der Waals surface area contributed by atoms with E-state index in [0.717, 1.165) is 13.0 Å². The third-order valence-corrected chi connectivity index (χ3v) is 2.19. The number of hydrogen-bond acceptors (Lipinski definition) is 3. The minimum atomic E-state index is -0.407. The Morgan fingerprint density at radius 3 is 2.83 bits per heavy atom. The van der Waals surface area contributed by atoms with Crippen molar-refractivity contribution in [1.82, 2.24) is 4.90 Å². The largest absolute Gasteiger partial charge is 0.379 e. The van der Waals surface area contributed by atoms with Crippen molar-refractivity contribution in [2.45, 2.75) is 25.4 Å². The summed E-state index contributed by atoms with van der Waals surface area (Å²) >= 11 is 0. The summed E-state index contributed by atoms with van der Waals surface area (Å²) in [6.45, 7) is 3.10. The van der Waals surface area contributed by atoms with Crippen LogP contribution in [0.5, 0.6) is 0 Å². The van der Waals surface area contributed by atoms with Gasteiger partial charge in [-0.25, -0.2) is 0 Å². The minimum absolute atomic E-state index is 0.00880. The summed E-state index contributed by atoms with van der Waals surface area (Å²) in [5, 5.41) is 0. The number of hydrogen-bond donors (Lipinski definition) is 1. The van der Waals surface area contributed by atoms with Crippen molar-refractivity contribution in [2.75, 3.05) is 20.3 Å². The zero-order valence-corrected chi connectivity index (χ0v) is 7.62. The molecule has 0 saturated carbocycles. The molecule has 0 radical (unpaired) electrons. The van der Waals surface area contributed by atoms with Gasteiger partial charge in [0.05, 0.1) is 18.7 Å². The topological polar surface area (TPSA) is 55.6 Å². The summed E-state index contributed by atoms with van der Waals surface area (Å²) in [5.74, 6) is -0.00880. The van der Waals surface area contributed by atoms with Crippen molar-refractivity contribution < 1.29 is 9.53 Å². The average Bonchev–Trinajstić information content (AvgIpc) is 2.53. The zero-order chi connectivity index (χ0) is 9.14. The van der Waals surface area contributed by atoms with Gasteiger partial charge in [0.2, 0.25) is 5.91 Å². The fourth-order valence-electron chi connectivity index (χ4n) is 1.33. The van der Waals surface area contributed by atoms with Crippen LogP contribution in [-0.2, 0) is 9.53 Å². The van der Waals surface area contributed by atoms with Gasteiger partial charge in [0.1, 0.15) is 0 Å². The molecule has 0 aliphatic carbocycles. The molecule has 2 unspecified atom stereocenters. The minimum Gasteiger partial charge on any atom is -0.379 e. The number of likely N-dealkylation sites (N-methyl/N-ethyl adjacent to an activating group) is 1. The molecule has 1 rings (SSSR count). The lowest BCUT2D eigenvalue weighted by Crippen LogP contribution is -2.45. The summed E-state index contributed by atoms with van der Waals surface area (Å²) in [4.78, 5) is 13.1. The summed E-state index contributed by atoms with van der Waals surface area (Å²) in [6, 6.07) is -0.181. The first-order valence-corrected chi connectivity index (χ1v) is 4.23. The van der Waals surface area contributed by atoms with Crippen molar-refractivity contribution in [3.05, 3.63) is 0 Å². The number of nitrogens with two attached hydrogens (primary N) is 1. The molecule has 0 aromatic heterocycles. The Hall–Kier alpha value is -0.610. The van der Waals surface area contributed by atoms with Crippen molar-refractivity contribution >= 4 is 5.91 Å². The first-order chi connectivity index (χ1) is 5.63. The molecule has 70 valence electrons. The fourth-order valence-corrected chi connectivity index (χ4v) is 1.33. The van der Waals surface area contributed by atoms with Crippen molar-refractivity contribution in [2.24, 2.45) is 5.73 Å². The van der Waals surface area contributed by atoms with E-state index in [0.29, 0.717) is 6.61 Å². The molecule has 0 bridgehead atoms. The maximum Gasteiger partial charge on any atom is 0.239 e. The summed E-state index contributed by atoms with van der Waals surface area (Å²) < 4.78 is 5.17. The second-order valence-corrected chi connectivity index (χ2v) is 3.26. The molecule has 2 N–H and O–H groups in total. The monoisotopic (exact) mass is 172 g/mol. The van der Waals surface area contributed by atoms with Crippen LogP contribution in [-0.4, -0.2) is 43.2 Å². The van der Waals surface area contributed by atoms with E-state index < -0.39 is 6.04 Å². The predicted molar refractivity (Wildman–Crippen MR) is 45.6 cm³/mol. The summed E-state index contributed by atoms with van der Waals surface area (Å²) in [6.07, 6.45) is 0.926. The quantitative estimate of drug-likeness (QED) is 0.615. The van der Waals surface area contributed by atoms with E-state index in [1.54, 1.807) is 18.9 Å². The van der Waals surface area contributed by atoms with Gasteiger partial charge in [0.25, 0.3) is 0 Å². The molecule has 1 aliphatic rings. The van der Waals surface area contributed by atoms with E-state index in [9.17, 15) is 4.79 Å². The van der Waals surface area contributed by atoms with Gasteiger partial charge in [0.15, 0.2) is 0 Å². The predicted octanol–water partition coefficient (Wildman–Crippen LogP) is -0.419. The first-order valence-electron chi connectivity index (χ1n) is 4.23. The molecule has 4 nitrogen and oxygen atoms in total. The molecule has 1 amide bonds. The molecule has 1 fully saturated rings. The highest BCUT2D eigenvalue weighted by Crippen LogP contribution is 2.10. The Balaban J connectivity index is 2.45. The smallest absolute Gasteiger partial charge is 0.239 e. The number of amides is 1. The molecular formula is C8H16N2O2. The van der Waals surface area contributed by atoms with Crippen LogP contribution in [0.15, 0.2) is 0 Å². The van der Waals surface area contributed by atoms with Gasteiger partial charge in [-0.05, 0) is 13.3 Å². The number of rotatable bonds is 2. The second kappa shape index (κ2) is 3.87. The number of ether oxygens (including phenoxy) is 1. The van der Waals surface area contributed by atoms with E-state index >= 15 is 0 Å². The SMILES string of the molecule is CC(N)C(=O)N(C)C1CCOC1. The molecule has 12 heavy (non-hydrogen) atoms. The van der Waals surface area contributed by atoms with Crippen LogP contribution >= 0.6 is 0 Å². The zero-order valence-electron chi connectivity index (χ0n) is 7.62. The Labute approximate surface area is 72.7 Å². The maximum absolute atomic E-state index is 11.4. The standard InChI is InChI=1S/C8H16N2O2/c1-6(9)8(11)10(2)7-3-4-12-5-7/h6-7H,3-5,9H2,1-2H3. The molecule has 0 aromatic rings. The maximum atomic E-state index is 11.4. The Morgan fingerprint density at radius 2 is 2.42 bits per heavy atom. The Bertz CT molecular complexity index is 164. The van der Waals surface area contributed by atoms with Crippen LogP contribution in [0.2, 0.25) is 0 Å². The van der Waals surface area contributed by atoms with Crippen molar-refractivity contribution in [3.8, 4) is 0 Å². The molecule has 0 spiro atoms. The van der Waals surface area contributed by atoms with Crippen LogP contribution in [0.3, 0.4) is 0 Å². The van der Waals surface area contributed by atoms with E-state index in [1.165, 1.54) is 0 Å². The highest BCUT2D eigenvalue weighted by molar-refractivity contribution is 5.81. The first kappa shape index (κ1) is 9.48. The van der Waals surface area contributed by atoms with E-state index in [1.807, 2.05) is 0 Å². The van der Waals surface area contributed by atoms with Crippen molar-refractivity contribution in [3.63, 3.8) is 0 Å². The fraction of sp³-hybridized carbons (Fsp3) is 0.875. The highest BCUT2D eigenvalue weighted by atomic mass is 16.5. The van der Waals surface area contributed by atoms with Crippen LogP contribution in [0.1, 0.15) is 13.3 Å². The van der Waals surface area contributed by atoms with Crippen LogP contribution < -0.4 is 5.73 Å². The van der Waals surface area contributed by atoms with Gasteiger partial charge in [-0.2, -0.15) is 0 Å². The van der Waals surface area contributed by atoms with Gasteiger partial charge >= 0.3 is 0 Å². The molecule has 1 saturated heterocycles.